The highest BCUT2D eigenvalue weighted by atomic mass is 16.4. The van der Waals surface area contributed by atoms with Crippen molar-refractivity contribution in [1.29, 1.82) is 0 Å². The van der Waals surface area contributed by atoms with Crippen molar-refractivity contribution in [2.45, 2.75) is 30.8 Å². The van der Waals surface area contributed by atoms with E-state index in [2.05, 4.69) is 20.9 Å². The number of aromatic nitrogens is 1. The molecule has 4 N–H and O–H groups in total. The molecule has 1 saturated heterocycles. The molecule has 0 aliphatic carbocycles. The van der Waals surface area contributed by atoms with E-state index in [4.69, 9.17) is 4.42 Å². The van der Waals surface area contributed by atoms with Crippen LogP contribution in [0.15, 0.2) is 51.7 Å². The number of aldehydes is 1. The van der Waals surface area contributed by atoms with Gasteiger partial charge in [0.2, 0.25) is 0 Å². The van der Waals surface area contributed by atoms with Crippen molar-refractivity contribution in [3.05, 3.63) is 64.1 Å². The Labute approximate surface area is 188 Å². The number of rotatable bonds is 4. The van der Waals surface area contributed by atoms with Crippen LogP contribution in [0.1, 0.15) is 24.0 Å². The number of likely N-dealkylation sites (tertiary alicyclic amines) is 1. The lowest BCUT2D eigenvalue weighted by atomic mass is 9.79. The molecule has 0 radical (unpaired) electrons. The number of benzene rings is 2. The fourth-order valence-electron chi connectivity index (χ4n) is 4.69. The SMILES string of the molecule is O=C[C@@H](Cc1ccc2[nH]c(=O)oc2c1)NC(=O)N1CCC2(CC1)NC(=O)Nc1ccccc12. The predicted octanol–water partition coefficient (Wildman–Crippen LogP) is 2.07. The van der Waals surface area contributed by atoms with Gasteiger partial charge in [0.25, 0.3) is 0 Å². The summed E-state index contributed by atoms with van der Waals surface area (Å²) in [5.74, 6) is -0.544. The van der Waals surface area contributed by atoms with Crippen LogP contribution >= 0.6 is 0 Å². The minimum atomic E-state index is -0.726. The average Bonchev–Trinajstić information content (AvgIpc) is 3.18. The number of anilines is 1. The van der Waals surface area contributed by atoms with E-state index in [9.17, 15) is 19.2 Å². The third-order valence-electron chi connectivity index (χ3n) is 6.36. The summed E-state index contributed by atoms with van der Waals surface area (Å²) < 4.78 is 5.06. The molecule has 4 amide bonds. The zero-order valence-corrected chi connectivity index (χ0v) is 17.7. The number of piperidine rings is 1. The number of oxazole rings is 1. The van der Waals surface area contributed by atoms with E-state index in [-0.39, 0.29) is 18.5 Å². The summed E-state index contributed by atoms with van der Waals surface area (Å²) in [5.41, 5.74) is 3.02. The maximum absolute atomic E-state index is 12.8. The summed E-state index contributed by atoms with van der Waals surface area (Å²) in [6.45, 7) is 0.874. The summed E-state index contributed by atoms with van der Waals surface area (Å²) in [5, 5.41) is 8.65. The summed E-state index contributed by atoms with van der Waals surface area (Å²) in [7, 11) is 0. The van der Waals surface area contributed by atoms with Gasteiger partial charge in [-0.2, -0.15) is 0 Å². The molecule has 0 unspecified atom stereocenters. The number of urea groups is 2. The molecule has 2 aliphatic rings. The lowest BCUT2D eigenvalue weighted by Crippen LogP contribution is -2.59. The van der Waals surface area contributed by atoms with Crippen molar-refractivity contribution in [2.24, 2.45) is 0 Å². The molecule has 2 aliphatic heterocycles. The number of carbonyl (C=O) groups is 3. The first-order chi connectivity index (χ1) is 16.0. The van der Waals surface area contributed by atoms with Crippen LogP contribution in [0.3, 0.4) is 0 Å². The Morgan fingerprint density at radius 3 is 2.76 bits per heavy atom. The monoisotopic (exact) mass is 449 g/mol. The van der Waals surface area contributed by atoms with Gasteiger partial charge in [-0.05, 0) is 43.0 Å². The number of aromatic amines is 1. The van der Waals surface area contributed by atoms with Gasteiger partial charge < -0.3 is 30.1 Å². The van der Waals surface area contributed by atoms with Crippen molar-refractivity contribution < 1.29 is 18.8 Å². The van der Waals surface area contributed by atoms with Gasteiger partial charge in [0.15, 0.2) is 5.58 Å². The van der Waals surface area contributed by atoms with Crippen LogP contribution in [0.4, 0.5) is 15.3 Å². The first kappa shape index (κ1) is 20.8. The van der Waals surface area contributed by atoms with Crippen LogP contribution < -0.4 is 21.7 Å². The number of hydrogen-bond donors (Lipinski definition) is 4. The molecule has 1 fully saturated rings. The Morgan fingerprint density at radius 1 is 1.18 bits per heavy atom. The fraction of sp³-hybridized carbons (Fsp3) is 0.304. The Bertz CT molecular complexity index is 1290. The van der Waals surface area contributed by atoms with E-state index in [1.165, 1.54) is 0 Å². The normalized spacial score (nSPS) is 17.7. The molecule has 0 bridgehead atoms. The lowest BCUT2D eigenvalue weighted by molar-refractivity contribution is -0.109. The number of hydrogen-bond acceptors (Lipinski definition) is 5. The molecule has 10 nitrogen and oxygen atoms in total. The Hall–Kier alpha value is -4.08. The van der Waals surface area contributed by atoms with Gasteiger partial charge in [-0.1, -0.05) is 24.3 Å². The van der Waals surface area contributed by atoms with Crippen LogP contribution in [-0.4, -0.2) is 47.4 Å². The van der Waals surface area contributed by atoms with Crippen LogP contribution in [0.5, 0.6) is 0 Å². The number of H-pyrrole nitrogens is 1. The quantitative estimate of drug-likeness (QED) is 0.452. The highest BCUT2D eigenvalue weighted by Crippen LogP contribution is 2.39. The zero-order valence-electron chi connectivity index (χ0n) is 17.7. The van der Waals surface area contributed by atoms with E-state index in [0.29, 0.717) is 43.3 Å². The first-order valence-corrected chi connectivity index (χ1v) is 10.8. The van der Waals surface area contributed by atoms with E-state index >= 15 is 0 Å². The number of amides is 4. The van der Waals surface area contributed by atoms with Crippen molar-refractivity contribution in [1.82, 2.24) is 20.5 Å². The molecule has 1 spiro atoms. The van der Waals surface area contributed by atoms with E-state index < -0.39 is 17.3 Å². The molecule has 33 heavy (non-hydrogen) atoms. The van der Waals surface area contributed by atoms with Gasteiger partial charge in [0, 0.05) is 24.3 Å². The third kappa shape index (κ3) is 3.95. The Morgan fingerprint density at radius 2 is 1.97 bits per heavy atom. The van der Waals surface area contributed by atoms with Crippen molar-refractivity contribution in [3.63, 3.8) is 0 Å². The zero-order chi connectivity index (χ0) is 23.0. The highest BCUT2D eigenvalue weighted by Gasteiger charge is 2.42. The fourth-order valence-corrected chi connectivity index (χ4v) is 4.69. The molecule has 2 aromatic carbocycles. The topological polar surface area (TPSA) is 137 Å². The van der Waals surface area contributed by atoms with E-state index in [1.807, 2.05) is 24.3 Å². The van der Waals surface area contributed by atoms with Gasteiger partial charge in [-0.15, -0.1) is 0 Å². The molecular formula is C23H23N5O5. The summed E-state index contributed by atoms with van der Waals surface area (Å²) in [6, 6.07) is 11.5. The predicted molar refractivity (Wildman–Crippen MR) is 120 cm³/mol. The lowest BCUT2D eigenvalue weighted by Gasteiger charge is -2.45. The summed E-state index contributed by atoms with van der Waals surface area (Å²) >= 11 is 0. The largest absolute Gasteiger partial charge is 0.417 e. The number of fused-ring (bicyclic) bond motifs is 3. The minimum absolute atomic E-state index is 0.247. The van der Waals surface area contributed by atoms with Gasteiger partial charge in [0.1, 0.15) is 6.29 Å². The first-order valence-electron chi connectivity index (χ1n) is 10.8. The van der Waals surface area contributed by atoms with E-state index in [1.54, 1.807) is 23.1 Å². The van der Waals surface area contributed by atoms with Crippen LogP contribution in [0, 0.1) is 0 Å². The maximum Gasteiger partial charge on any atom is 0.417 e. The van der Waals surface area contributed by atoms with Gasteiger partial charge in [-0.25, -0.2) is 14.4 Å². The van der Waals surface area contributed by atoms with Crippen LogP contribution in [0.2, 0.25) is 0 Å². The summed E-state index contributed by atoms with van der Waals surface area (Å²) in [4.78, 5) is 52.2. The molecule has 170 valence electrons. The van der Waals surface area contributed by atoms with E-state index in [0.717, 1.165) is 16.8 Å². The van der Waals surface area contributed by atoms with Gasteiger partial charge in [-0.3, -0.25) is 4.98 Å². The maximum atomic E-state index is 12.8. The molecule has 3 aromatic rings. The second kappa shape index (κ2) is 8.12. The smallest absolute Gasteiger partial charge is 0.408 e. The summed E-state index contributed by atoms with van der Waals surface area (Å²) in [6.07, 6.45) is 2.11. The second-order valence-electron chi connectivity index (χ2n) is 8.44. The number of carbonyl (C=O) groups excluding carboxylic acids is 3. The number of nitrogens with one attached hydrogen (secondary N) is 4. The number of nitrogens with zero attached hydrogens (tertiary/aromatic N) is 1. The van der Waals surface area contributed by atoms with Crippen LogP contribution in [-0.2, 0) is 16.8 Å². The van der Waals surface area contributed by atoms with Gasteiger partial charge in [0.05, 0.1) is 17.1 Å². The molecule has 0 saturated carbocycles. The molecule has 1 atom stereocenters. The van der Waals surface area contributed by atoms with Crippen LogP contribution in [0.25, 0.3) is 11.1 Å². The minimum Gasteiger partial charge on any atom is -0.408 e. The molecule has 5 rings (SSSR count). The Kier molecular flexibility index (Phi) is 5.12. The third-order valence-corrected chi connectivity index (χ3v) is 6.36. The standard InChI is InChI=1S/C23H23N5O5/c29-13-15(11-14-5-6-18-19(12-14)33-22(32)26-18)24-21(31)28-9-7-23(8-10-28)16-3-1-2-4-17(16)25-20(30)27-23/h1-6,12-13,15H,7-11H2,(H,24,31)(H,26,32)(H2,25,27,30)/t15-/m1/s1. The van der Waals surface area contributed by atoms with Crippen molar-refractivity contribution >= 4 is 35.1 Å². The molecular weight excluding hydrogens is 426 g/mol. The average molecular weight is 449 g/mol. The molecule has 1 aromatic heterocycles. The van der Waals surface area contributed by atoms with Crippen molar-refractivity contribution in [2.75, 3.05) is 18.4 Å². The molecule has 3 heterocycles. The number of para-hydroxylation sites is 1. The molecule has 10 heteroatoms. The Balaban J connectivity index is 1.23. The highest BCUT2D eigenvalue weighted by molar-refractivity contribution is 5.93. The van der Waals surface area contributed by atoms with Gasteiger partial charge >= 0.3 is 17.8 Å². The second-order valence-corrected chi connectivity index (χ2v) is 8.44. The van der Waals surface area contributed by atoms with Crippen molar-refractivity contribution in [3.8, 4) is 0 Å².